The predicted octanol–water partition coefficient (Wildman–Crippen LogP) is 5.89. The summed E-state index contributed by atoms with van der Waals surface area (Å²) in [7, 11) is -3.43. The van der Waals surface area contributed by atoms with Crippen LogP contribution in [0.25, 0.3) is 22.0 Å². The summed E-state index contributed by atoms with van der Waals surface area (Å²) in [5.74, 6) is 0. The minimum Gasteiger partial charge on any atom is -0.359 e. The summed E-state index contributed by atoms with van der Waals surface area (Å²) in [6.45, 7) is 0. The third-order valence-corrected chi connectivity index (χ3v) is 5.94. The molecule has 0 amide bonds. The topological polar surface area (TPSA) is 71.2 Å². The zero-order valence-electron chi connectivity index (χ0n) is 15.0. The van der Waals surface area contributed by atoms with Crippen molar-refractivity contribution in [3.05, 3.63) is 84.6 Å². The molecule has 148 valence electrons. The van der Waals surface area contributed by atoms with E-state index in [1.54, 1.807) is 6.20 Å². The standard InChI is InChI=1S/C21H16F3N3OS/c22-21(23,24)16-7-9-17(10-8-16)29(25,28)27-20-13-26-19-11-6-15(12-18(19)20)14-4-2-1-3-5-14/h1-13,26H,(H2,25,27,28). The van der Waals surface area contributed by atoms with Gasteiger partial charge in [-0.25, -0.2) is 9.35 Å². The first-order chi connectivity index (χ1) is 13.7. The van der Waals surface area contributed by atoms with Gasteiger partial charge in [-0.05, 0) is 47.5 Å². The number of aromatic nitrogens is 1. The highest BCUT2D eigenvalue weighted by Crippen LogP contribution is 2.33. The number of nitrogens with two attached hydrogens (primary N) is 1. The van der Waals surface area contributed by atoms with Crippen LogP contribution < -0.4 is 5.14 Å². The molecule has 4 rings (SSSR count). The second-order valence-corrected chi connectivity index (χ2v) is 8.27. The molecule has 3 aromatic carbocycles. The van der Waals surface area contributed by atoms with Crippen molar-refractivity contribution >= 4 is 26.5 Å². The number of hydrogen-bond donors (Lipinski definition) is 2. The molecule has 8 heteroatoms. The van der Waals surface area contributed by atoms with Gasteiger partial charge >= 0.3 is 6.18 Å². The molecule has 1 atom stereocenters. The Bertz CT molecular complexity index is 1290. The number of H-pyrrole nitrogens is 1. The zero-order chi connectivity index (χ0) is 20.6. The van der Waals surface area contributed by atoms with Crippen molar-refractivity contribution in [3.8, 4) is 11.1 Å². The second kappa shape index (κ2) is 7.06. The van der Waals surface area contributed by atoms with E-state index in [4.69, 9.17) is 5.14 Å². The number of benzene rings is 3. The van der Waals surface area contributed by atoms with Gasteiger partial charge in [-0.2, -0.15) is 17.5 Å². The predicted molar refractivity (Wildman–Crippen MR) is 108 cm³/mol. The van der Waals surface area contributed by atoms with Crippen LogP contribution in [0.15, 0.2) is 88.3 Å². The summed E-state index contributed by atoms with van der Waals surface area (Å²) in [4.78, 5) is 3.07. The van der Waals surface area contributed by atoms with Gasteiger partial charge in [0.05, 0.1) is 16.1 Å². The highest BCUT2D eigenvalue weighted by atomic mass is 32.2. The minimum absolute atomic E-state index is 0.0269. The van der Waals surface area contributed by atoms with Gasteiger partial charge in [0.1, 0.15) is 9.92 Å². The monoisotopic (exact) mass is 415 g/mol. The van der Waals surface area contributed by atoms with Crippen LogP contribution >= 0.6 is 0 Å². The molecule has 29 heavy (non-hydrogen) atoms. The van der Waals surface area contributed by atoms with Crippen LogP contribution in [0.5, 0.6) is 0 Å². The lowest BCUT2D eigenvalue weighted by Crippen LogP contribution is -2.13. The number of fused-ring (bicyclic) bond motifs is 1. The molecule has 0 saturated heterocycles. The molecule has 1 heterocycles. The Balaban J connectivity index is 1.77. The largest absolute Gasteiger partial charge is 0.416 e. The van der Waals surface area contributed by atoms with E-state index < -0.39 is 21.7 Å². The number of aromatic amines is 1. The van der Waals surface area contributed by atoms with Gasteiger partial charge in [-0.3, -0.25) is 0 Å². The Morgan fingerprint density at radius 3 is 2.24 bits per heavy atom. The zero-order valence-corrected chi connectivity index (χ0v) is 15.8. The Labute approximate surface area is 165 Å². The molecule has 4 nitrogen and oxygen atoms in total. The number of nitrogens with one attached hydrogen (secondary N) is 1. The van der Waals surface area contributed by atoms with Crippen molar-refractivity contribution in [2.45, 2.75) is 11.1 Å². The summed E-state index contributed by atoms with van der Waals surface area (Å²) in [6.07, 6.45) is -2.90. The first-order valence-electron chi connectivity index (χ1n) is 8.63. The smallest absolute Gasteiger partial charge is 0.359 e. The maximum atomic E-state index is 12.9. The summed E-state index contributed by atoms with van der Waals surface area (Å²) < 4.78 is 55.3. The molecule has 4 aromatic rings. The third-order valence-electron chi connectivity index (χ3n) is 4.52. The lowest BCUT2D eigenvalue weighted by molar-refractivity contribution is -0.137. The van der Waals surface area contributed by atoms with Crippen LogP contribution in [-0.4, -0.2) is 9.19 Å². The highest BCUT2D eigenvalue weighted by molar-refractivity contribution is 7.91. The molecular weight excluding hydrogens is 399 g/mol. The normalized spacial score (nSPS) is 13.9. The van der Waals surface area contributed by atoms with Gasteiger partial charge in [0.15, 0.2) is 0 Å². The Hall–Kier alpha value is -3.10. The summed E-state index contributed by atoms with van der Waals surface area (Å²) in [6, 6.07) is 19.4. The summed E-state index contributed by atoms with van der Waals surface area (Å²) in [5, 5.41) is 6.61. The molecular formula is C21H16F3N3OS. The van der Waals surface area contributed by atoms with Gasteiger partial charge in [0.25, 0.3) is 0 Å². The van der Waals surface area contributed by atoms with Crippen LogP contribution in [0.2, 0.25) is 0 Å². The number of rotatable bonds is 3. The molecule has 0 radical (unpaired) electrons. The molecule has 3 N–H and O–H groups in total. The van der Waals surface area contributed by atoms with E-state index >= 15 is 0 Å². The first kappa shape index (κ1) is 19.2. The van der Waals surface area contributed by atoms with E-state index in [0.29, 0.717) is 5.69 Å². The number of alkyl halides is 3. The third kappa shape index (κ3) is 3.90. The van der Waals surface area contributed by atoms with Crippen molar-refractivity contribution < 1.29 is 17.4 Å². The quantitative estimate of drug-likeness (QED) is 0.431. The first-order valence-corrected chi connectivity index (χ1v) is 10.2. The van der Waals surface area contributed by atoms with Crippen molar-refractivity contribution in [1.82, 2.24) is 4.98 Å². The lowest BCUT2D eigenvalue weighted by atomic mass is 10.0. The Kier molecular flexibility index (Phi) is 4.68. The van der Waals surface area contributed by atoms with Gasteiger partial charge in [0.2, 0.25) is 0 Å². The van der Waals surface area contributed by atoms with Crippen molar-refractivity contribution in [2.75, 3.05) is 0 Å². The molecule has 1 aromatic heterocycles. The van der Waals surface area contributed by atoms with E-state index in [-0.39, 0.29) is 4.90 Å². The molecule has 1 unspecified atom stereocenters. The van der Waals surface area contributed by atoms with Crippen LogP contribution in [0.3, 0.4) is 0 Å². The average Bonchev–Trinajstić information content (AvgIpc) is 3.09. The van der Waals surface area contributed by atoms with Gasteiger partial charge < -0.3 is 4.98 Å². The SMILES string of the molecule is NS(=O)(=Nc1c[nH]c2ccc(-c3ccccc3)cc12)c1ccc(C(F)(F)F)cc1. The number of halogens is 3. The van der Waals surface area contributed by atoms with E-state index in [1.165, 1.54) is 0 Å². The van der Waals surface area contributed by atoms with Gasteiger partial charge in [-0.15, -0.1) is 0 Å². The Morgan fingerprint density at radius 1 is 0.897 bits per heavy atom. The molecule has 0 spiro atoms. The maximum Gasteiger partial charge on any atom is 0.416 e. The average molecular weight is 415 g/mol. The molecule has 0 fully saturated rings. The summed E-state index contributed by atoms with van der Waals surface area (Å²) >= 11 is 0. The fourth-order valence-electron chi connectivity index (χ4n) is 3.03. The van der Waals surface area contributed by atoms with Gasteiger partial charge in [-0.1, -0.05) is 36.4 Å². The lowest BCUT2D eigenvalue weighted by Gasteiger charge is -2.08. The van der Waals surface area contributed by atoms with Crippen molar-refractivity contribution in [3.63, 3.8) is 0 Å². The number of nitrogens with zero attached hydrogens (tertiary/aromatic N) is 1. The van der Waals surface area contributed by atoms with Crippen molar-refractivity contribution in [2.24, 2.45) is 9.50 Å². The van der Waals surface area contributed by atoms with Crippen molar-refractivity contribution in [1.29, 1.82) is 0 Å². The fraction of sp³-hybridized carbons (Fsp3) is 0.0476. The second-order valence-electron chi connectivity index (χ2n) is 6.48. The molecule has 0 bridgehead atoms. The maximum absolute atomic E-state index is 12.9. The molecule has 0 aliphatic heterocycles. The van der Waals surface area contributed by atoms with E-state index in [0.717, 1.165) is 46.3 Å². The van der Waals surface area contributed by atoms with Crippen LogP contribution in [0.1, 0.15) is 5.56 Å². The van der Waals surface area contributed by atoms with E-state index in [2.05, 4.69) is 9.35 Å². The van der Waals surface area contributed by atoms with E-state index in [9.17, 15) is 17.4 Å². The molecule has 0 aliphatic rings. The number of hydrogen-bond acceptors (Lipinski definition) is 2. The fourth-order valence-corrected chi connectivity index (χ4v) is 4.10. The summed E-state index contributed by atoms with van der Waals surface area (Å²) in [5.41, 5.74) is 2.29. The highest BCUT2D eigenvalue weighted by Gasteiger charge is 2.30. The van der Waals surface area contributed by atoms with Gasteiger partial charge in [0, 0.05) is 17.1 Å². The minimum atomic E-state index is -4.48. The molecule has 0 aliphatic carbocycles. The Morgan fingerprint density at radius 2 is 1.59 bits per heavy atom. The molecule has 0 saturated carbocycles. The van der Waals surface area contributed by atoms with Crippen LogP contribution in [0, 0.1) is 0 Å². The van der Waals surface area contributed by atoms with Crippen LogP contribution in [-0.2, 0) is 16.1 Å². The van der Waals surface area contributed by atoms with E-state index in [1.807, 2.05) is 48.5 Å². The van der Waals surface area contributed by atoms with Crippen LogP contribution in [0.4, 0.5) is 18.9 Å².